The lowest BCUT2D eigenvalue weighted by atomic mass is 10.2. The van der Waals surface area contributed by atoms with Crippen LogP contribution < -0.4 is 10.6 Å². The third kappa shape index (κ3) is 4.01. The summed E-state index contributed by atoms with van der Waals surface area (Å²) in [5.41, 5.74) is 1.50. The molecule has 0 radical (unpaired) electrons. The molecule has 0 aliphatic carbocycles. The van der Waals surface area contributed by atoms with E-state index in [-0.39, 0.29) is 11.8 Å². The zero-order chi connectivity index (χ0) is 14.4. The largest absolute Gasteiger partial charge is 0.406 e. The number of nitrogens with zero attached hydrogens (tertiary/aromatic N) is 2. The van der Waals surface area contributed by atoms with E-state index in [4.69, 9.17) is 9.15 Å². The number of aromatic nitrogens is 2. The van der Waals surface area contributed by atoms with Crippen molar-refractivity contribution >= 4 is 11.7 Å². The highest BCUT2D eigenvalue weighted by atomic mass is 19.1. The van der Waals surface area contributed by atoms with E-state index >= 15 is 0 Å². The predicted molar refractivity (Wildman–Crippen MR) is 72.3 cm³/mol. The second-order valence-electron chi connectivity index (χ2n) is 4.25. The molecule has 0 saturated carbocycles. The van der Waals surface area contributed by atoms with Crippen LogP contribution in [-0.4, -0.2) is 30.5 Å². The Morgan fingerprint density at radius 3 is 3.00 bits per heavy atom. The Bertz CT molecular complexity index is 559. The topological polar surface area (TPSA) is 72.2 Å². The lowest BCUT2D eigenvalue weighted by Gasteiger charge is -2.05. The van der Waals surface area contributed by atoms with Crippen LogP contribution in [0.5, 0.6) is 0 Å². The van der Waals surface area contributed by atoms with Crippen molar-refractivity contribution in [1.29, 1.82) is 0 Å². The maximum Gasteiger partial charge on any atom is 0.320 e. The lowest BCUT2D eigenvalue weighted by Crippen LogP contribution is -2.18. The summed E-state index contributed by atoms with van der Waals surface area (Å²) in [4.78, 5) is 0. The van der Waals surface area contributed by atoms with Gasteiger partial charge in [-0.25, -0.2) is 4.39 Å². The number of aryl methyl sites for hydroxylation is 1. The molecule has 0 aliphatic rings. The summed E-state index contributed by atoms with van der Waals surface area (Å²) in [6.07, 6.45) is 0. The number of anilines is 2. The van der Waals surface area contributed by atoms with E-state index in [9.17, 15) is 4.39 Å². The van der Waals surface area contributed by atoms with Gasteiger partial charge in [0.25, 0.3) is 0 Å². The predicted octanol–water partition coefficient (Wildman–Crippen LogP) is 2.00. The standard InChI is InChI=1S/C13H17FN4O2/c1-9-3-4-10(14)7-11(9)16-13-18-17-12(20-13)8-15-5-6-19-2/h3-4,7,15H,5-6,8H2,1-2H3,(H,16,18). The smallest absolute Gasteiger partial charge is 0.320 e. The van der Waals surface area contributed by atoms with E-state index in [1.54, 1.807) is 13.2 Å². The van der Waals surface area contributed by atoms with E-state index in [1.807, 2.05) is 6.92 Å². The van der Waals surface area contributed by atoms with Gasteiger partial charge in [0.15, 0.2) is 0 Å². The Morgan fingerprint density at radius 1 is 1.35 bits per heavy atom. The first-order valence-corrected chi connectivity index (χ1v) is 6.24. The van der Waals surface area contributed by atoms with Crippen LogP contribution >= 0.6 is 0 Å². The molecule has 0 unspecified atom stereocenters. The van der Waals surface area contributed by atoms with Crippen LogP contribution in [0.15, 0.2) is 22.6 Å². The van der Waals surface area contributed by atoms with E-state index in [2.05, 4.69) is 20.8 Å². The van der Waals surface area contributed by atoms with Gasteiger partial charge in [0, 0.05) is 19.3 Å². The van der Waals surface area contributed by atoms with Gasteiger partial charge in [-0.05, 0) is 24.6 Å². The van der Waals surface area contributed by atoms with Crippen LogP contribution in [0.25, 0.3) is 0 Å². The van der Waals surface area contributed by atoms with Gasteiger partial charge >= 0.3 is 6.01 Å². The molecule has 1 heterocycles. The third-order valence-corrected chi connectivity index (χ3v) is 2.67. The Labute approximate surface area is 116 Å². The third-order valence-electron chi connectivity index (χ3n) is 2.67. The first-order chi connectivity index (χ1) is 9.69. The fourth-order valence-corrected chi connectivity index (χ4v) is 1.59. The van der Waals surface area contributed by atoms with Crippen molar-refractivity contribution in [3.63, 3.8) is 0 Å². The highest BCUT2D eigenvalue weighted by Crippen LogP contribution is 2.20. The summed E-state index contributed by atoms with van der Waals surface area (Å²) in [6.45, 7) is 3.64. The summed E-state index contributed by atoms with van der Waals surface area (Å²) < 4.78 is 23.5. The highest BCUT2D eigenvalue weighted by molar-refractivity contribution is 5.56. The molecule has 6 nitrogen and oxygen atoms in total. The number of rotatable bonds is 7. The highest BCUT2D eigenvalue weighted by Gasteiger charge is 2.08. The first kappa shape index (κ1) is 14.4. The summed E-state index contributed by atoms with van der Waals surface area (Å²) in [7, 11) is 1.64. The summed E-state index contributed by atoms with van der Waals surface area (Å²) in [5.74, 6) is 0.136. The van der Waals surface area contributed by atoms with Gasteiger partial charge in [-0.3, -0.25) is 0 Å². The normalized spacial score (nSPS) is 10.8. The van der Waals surface area contributed by atoms with Gasteiger partial charge in [0.2, 0.25) is 5.89 Å². The molecule has 1 aromatic carbocycles. The van der Waals surface area contributed by atoms with Gasteiger partial charge < -0.3 is 19.8 Å². The molecule has 0 fully saturated rings. The molecule has 0 atom stereocenters. The summed E-state index contributed by atoms with van der Waals surface area (Å²) in [5, 5.41) is 13.7. The monoisotopic (exact) mass is 280 g/mol. The van der Waals surface area contributed by atoms with E-state index in [0.29, 0.717) is 31.3 Å². The fourth-order valence-electron chi connectivity index (χ4n) is 1.59. The second kappa shape index (κ2) is 6.97. The van der Waals surface area contributed by atoms with Gasteiger partial charge in [-0.1, -0.05) is 11.2 Å². The second-order valence-corrected chi connectivity index (χ2v) is 4.25. The number of nitrogens with one attached hydrogen (secondary N) is 2. The van der Waals surface area contributed by atoms with Gasteiger partial charge in [-0.2, -0.15) is 0 Å². The van der Waals surface area contributed by atoms with E-state index < -0.39 is 0 Å². The number of hydrogen-bond acceptors (Lipinski definition) is 6. The Balaban J connectivity index is 1.93. The van der Waals surface area contributed by atoms with Gasteiger partial charge in [0.1, 0.15) is 5.82 Å². The molecule has 0 aliphatic heterocycles. The molecule has 0 bridgehead atoms. The molecular formula is C13H17FN4O2. The summed E-state index contributed by atoms with van der Waals surface area (Å²) in [6, 6.07) is 4.71. The van der Waals surface area contributed by atoms with Crippen LogP contribution in [0.1, 0.15) is 11.5 Å². The molecule has 0 spiro atoms. The van der Waals surface area contributed by atoms with E-state index in [1.165, 1.54) is 12.1 Å². The molecule has 2 rings (SSSR count). The maximum absolute atomic E-state index is 13.2. The van der Waals surface area contributed by atoms with Crippen LogP contribution in [-0.2, 0) is 11.3 Å². The molecule has 20 heavy (non-hydrogen) atoms. The van der Waals surface area contributed by atoms with Gasteiger partial charge in [-0.15, -0.1) is 5.10 Å². The van der Waals surface area contributed by atoms with Crippen molar-refractivity contribution in [2.75, 3.05) is 25.6 Å². The SMILES string of the molecule is COCCNCc1nnc(Nc2cc(F)ccc2C)o1. The zero-order valence-electron chi connectivity index (χ0n) is 11.4. The fraction of sp³-hybridized carbons (Fsp3) is 0.385. The first-order valence-electron chi connectivity index (χ1n) is 6.24. The zero-order valence-corrected chi connectivity index (χ0v) is 11.4. The minimum Gasteiger partial charge on any atom is -0.406 e. The number of methoxy groups -OCH3 is 1. The molecule has 1 aromatic heterocycles. The molecule has 108 valence electrons. The van der Waals surface area contributed by atoms with Crippen molar-refractivity contribution in [2.24, 2.45) is 0 Å². The van der Waals surface area contributed by atoms with Crippen LogP contribution in [0, 0.1) is 12.7 Å². The molecule has 2 aromatic rings. The number of halogens is 1. The van der Waals surface area contributed by atoms with Crippen molar-refractivity contribution < 1.29 is 13.5 Å². The molecule has 2 N–H and O–H groups in total. The van der Waals surface area contributed by atoms with Crippen molar-refractivity contribution in [3.8, 4) is 0 Å². The summed E-state index contributed by atoms with van der Waals surface area (Å²) >= 11 is 0. The van der Waals surface area contributed by atoms with Crippen molar-refractivity contribution in [2.45, 2.75) is 13.5 Å². The van der Waals surface area contributed by atoms with E-state index in [0.717, 1.165) is 5.56 Å². The van der Waals surface area contributed by atoms with Crippen molar-refractivity contribution in [1.82, 2.24) is 15.5 Å². The maximum atomic E-state index is 13.2. The molecule has 0 saturated heterocycles. The Kier molecular flexibility index (Phi) is 5.03. The minimum atomic E-state index is -0.320. The average Bonchev–Trinajstić information content (AvgIpc) is 2.87. The molecular weight excluding hydrogens is 263 g/mol. The minimum absolute atomic E-state index is 0.238. The van der Waals surface area contributed by atoms with Crippen LogP contribution in [0.2, 0.25) is 0 Å². The number of benzene rings is 1. The van der Waals surface area contributed by atoms with Crippen LogP contribution in [0.3, 0.4) is 0 Å². The Morgan fingerprint density at radius 2 is 2.20 bits per heavy atom. The Hall–Kier alpha value is -1.99. The molecule has 7 heteroatoms. The van der Waals surface area contributed by atoms with Crippen molar-refractivity contribution in [3.05, 3.63) is 35.5 Å². The molecule has 0 amide bonds. The number of hydrogen-bond donors (Lipinski definition) is 2. The average molecular weight is 280 g/mol. The van der Waals surface area contributed by atoms with Gasteiger partial charge in [0.05, 0.1) is 13.2 Å². The quantitative estimate of drug-likeness (QED) is 0.756. The lowest BCUT2D eigenvalue weighted by molar-refractivity contribution is 0.198. The van der Waals surface area contributed by atoms with Crippen LogP contribution in [0.4, 0.5) is 16.1 Å². The number of ether oxygens (including phenoxy) is 1.